The Morgan fingerprint density at radius 2 is 2.00 bits per heavy atom. The van der Waals surface area contributed by atoms with Gasteiger partial charge in [-0.2, -0.15) is 4.31 Å². The lowest BCUT2D eigenvalue weighted by Gasteiger charge is -2.31. The van der Waals surface area contributed by atoms with E-state index in [1.165, 1.54) is 4.31 Å². The summed E-state index contributed by atoms with van der Waals surface area (Å²) in [5.74, 6) is 0.643. The molecule has 0 aliphatic carbocycles. The zero-order valence-electron chi connectivity index (χ0n) is 18.0. The van der Waals surface area contributed by atoms with Gasteiger partial charge in [-0.1, -0.05) is 0 Å². The number of carbonyl (C=O) groups is 1. The van der Waals surface area contributed by atoms with Crippen molar-refractivity contribution in [3.63, 3.8) is 0 Å². The lowest BCUT2D eigenvalue weighted by Crippen LogP contribution is -2.45. The molecule has 1 saturated heterocycles. The van der Waals surface area contributed by atoms with Crippen molar-refractivity contribution in [3.8, 4) is 0 Å². The number of benzene rings is 1. The molecule has 1 aromatic carbocycles. The number of fused-ring (bicyclic) bond motifs is 1. The number of hydrogen-bond donors (Lipinski definition) is 1. The molecule has 166 valence electrons. The Balaban J connectivity index is 1.36. The third-order valence-corrected chi connectivity index (χ3v) is 7.92. The average Bonchev–Trinajstić information content (AvgIpc) is 3.42. The SMILES string of the molecule is CCn1ccc2cc(S(=O)(=O)N3CCC(C(=O)NC(C)Cc4ccco4)CC3)ccc21. The van der Waals surface area contributed by atoms with Crippen molar-refractivity contribution in [2.24, 2.45) is 5.92 Å². The van der Waals surface area contributed by atoms with Gasteiger partial charge in [-0.05, 0) is 63.1 Å². The lowest BCUT2D eigenvalue weighted by atomic mass is 9.96. The molecule has 3 aromatic rings. The molecule has 1 N–H and O–H groups in total. The van der Waals surface area contributed by atoms with Gasteiger partial charge < -0.3 is 14.3 Å². The molecule has 1 aliphatic heterocycles. The molecule has 3 heterocycles. The van der Waals surface area contributed by atoms with Crippen molar-refractivity contribution in [2.45, 2.75) is 50.6 Å². The third kappa shape index (κ3) is 4.55. The minimum absolute atomic E-state index is 0.0153. The molecule has 4 rings (SSSR count). The largest absolute Gasteiger partial charge is 0.469 e. The van der Waals surface area contributed by atoms with Crippen LogP contribution >= 0.6 is 0 Å². The minimum atomic E-state index is -3.58. The first-order chi connectivity index (χ1) is 14.9. The number of carbonyl (C=O) groups excluding carboxylic acids is 1. The zero-order chi connectivity index (χ0) is 22.0. The van der Waals surface area contributed by atoms with Gasteiger partial charge in [-0.25, -0.2) is 8.42 Å². The van der Waals surface area contributed by atoms with Crippen LogP contribution in [0.5, 0.6) is 0 Å². The summed E-state index contributed by atoms with van der Waals surface area (Å²) in [6, 6.07) is 10.9. The molecule has 1 fully saturated rings. The lowest BCUT2D eigenvalue weighted by molar-refractivity contribution is -0.126. The number of nitrogens with one attached hydrogen (secondary N) is 1. The van der Waals surface area contributed by atoms with Crippen LogP contribution in [0.1, 0.15) is 32.4 Å². The Hall–Kier alpha value is -2.58. The summed E-state index contributed by atoms with van der Waals surface area (Å²) in [5.41, 5.74) is 1.03. The Bertz CT molecular complexity index is 1140. The highest BCUT2D eigenvalue weighted by Gasteiger charge is 2.32. The molecular weight excluding hydrogens is 414 g/mol. The van der Waals surface area contributed by atoms with Crippen LogP contribution in [0.15, 0.2) is 58.2 Å². The van der Waals surface area contributed by atoms with Gasteiger partial charge in [0.05, 0.1) is 11.2 Å². The Labute approximate surface area is 183 Å². The van der Waals surface area contributed by atoms with Crippen molar-refractivity contribution in [2.75, 3.05) is 13.1 Å². The van der Waals surface area contributed by atoms with Gasteiger partial charge in [0.2, 0.25) is 15.9 Å². The van der Waals surface area contributed by atoms with Crippen LogP contribution in [0.25, 0.3) is 10.9 Å². The highest BCUT2D eigenvalue weighted by Crippen LogP contribution is 2.27. The van der Waals surface area contributed by atoms with Crippen LogP contribution in [0, 0.1) is 5.92 Å². The van der Waals surface area contributed by atoms with Crippen molar-refractivity contribution >= 4 is 26.8 Å². The molecule has 8 heteroatoms. The minimum Gasteiger partial charge on any atom is -0.469 e. The average molecular weight is 444 g/mol. The van der Waals surface area contributed by atoms with E-state index in [9.17, 15) is 13.2 Å². The van der Waals surface area contributed by atoms with E-state index in [0.29, 0.717) is 37.2 Å². The summed E-state index contributed by atoms with van der Waals surface area (Å²) >= 11 is 0. The van der Waals surface area contributed by atoms with Crippen LogP contribution in [-0.2, 0) is 27.8 Å². The summed E-state index contributed by atoms with van der Waals surface area (Å²) in [7, 11) is -3.58. The molecule has 1 aliphatic rings. The molecule has 1 amide bonds. The predicted octanol–water partition coefficient (Wildman–Crippen LogP) is 3.40. The zero-order valence-corrected chi connectivity index (χ0v) is 18.8. The van der Waals surface area contributed by atoms with Crippen LogP contribution in [0.2, 0.25) is 0 Å². The van der Waals surface area contributed by atoms with Gasteiger partial charge in [0.1, 0.15) is 5.76 Å². The van der Waals surface area contributed by atoms with Gasteiger partial charge >= 0.3 is 0 Å². The number of furan rings is 1. The summed E-state index contributed by atoms with van der Waals surface area (Å²) in [4.78, 5) is 12.9. The van der Waals surface area contributed by atoms with E-state index in [1.54, 1.807) is 18.4 Å². The second-order valence-electron chi connectivity index (χ2n) is 8.19. The second-order valence-corrected chi connectivity index (χ2v) is 10.1. The molecule has 0 saturated carbocycles. The molecule has 0 bridgehead atoms. The normalized spacial score (nSPS) is 17.1. The highest BCUT2D eigenvalue weighted by atomic mass is 32.2. The quantitative estimate of drug-likeness (QED) is 0.607. The molecule has 1 atom stereocenters. The predicted molar refractivity (Wildman–Crippen MR) is 119 cm³/mol. The fraction of sp³-hybridized carbons (Fsp3) is 0.435. The molecule has 0 spiro atoms. The number of aryl methyl sites for hydroxylation is 1. The first-order valence-corrected chi connectivity index (χ1v) is 12.2. The van der Waals surface area contributed by atoms with E-state index in [2.05, 4.69) is 16.8 Å². The van der Waals surface area contributed by atoms with Crippen molar-refractivity contribution in [1.29, 1.82) is 0 Å². The van der Waals surface area contributed by atoms with Gasteiger partial charge in [-0.3, -0.25) is 4.79 Å². The fourth-order valence-electron chi connectivity index (χ4n) is 4.26. The van der Waals surface area contributed by atoms with Crippen LogP contribution in [0.3, 0.4) is 0 Å². The van der Waals surface area contributed by atoms with Crippen LogP contribution in [-0.4, -0.2) is 42.3 Å². The van der Waals surface area contributed by atoms with Crippen molar-refractivity contribution < 1.29 is 17.6 Å². The molecule has 31 heavy (non-hydrogen) atoms. The monoisotopic (exact) mass is 443 g/mol. The van der Waals surface area contributed by atoms with E-state index in [4.69, 9.17) is 4.42 Å². The topological polar surface area (TPSA) is 84.5 Å². The third-order valence-electron chi connectivity index (χ3n) is 6.02. The van der Waals surface area contributed by atoms with Crippen LogP contribution in [0.4, 0.5) is 0 Å². The van der Waals surface area contributed by atoms with E-state index in [-0.39, 0.29) is 17.9 Å². The molecule has 2 aromatic heterocycles. The number of sulfonamides is 1. The summed E-state index contributed by atoms with van der Waals surface area (Å²) in [6.45, 7) is 5.54. The van der Waals surface area contributed by atoms with E-state index in [0.717, 1.165) is 23.2 Å². The maximum Gasteiger partial charge on any atom is 0.243 e. The molecule has 7 nitrogen and oxygen atoms in total. The van der Waals surface area contributed by atoms with Gasteiger partial charge in [0.25, 0.3) is 0 Å². The number of piperidine rings is 1. The number of amides is 1. The van der Waals surface area contributed by atoms with Crippen molar-refractivity contribution in [1.82, 2.24) is 14.2 Å². The van der Waals surface area contributed by atoms with Gasteiger partial charge in [-0.15, -0.1) is 0 Å². The van der Waals surface area contributed by atoms with E-state index in [1.807, 2.05) is 37.4 Å². The number of aromatic nitrogens is 1. The van der Waals surface area contributed by atoms with Crippen molar-refractivity contribution in [3.05, 3.63) is 54.6 Å². The highest BCUT2D eigenvalue weighted by molar-refractivity contribution is 7.89. The number of hydrogen-bond acceptors (Lipinski definition) is 4. The van der Waals surface area contributed by atoms with Gasteiger partial charge in [0.15, 0.2) is 0 Å². The summed E-state index contributed by atoms with van der Waals surface area (Å²) < 4.78 is 35.2. The Kier molecular flexibility index (Phi) is 6.20. The molecular formula is C23H29N3O4S. The second kappa shape index (κ2) is 8.88. The molecule has 1 unspecified atom stereocenters. The summed E-state index contributed by atoms with van der Waals surface area (Å²) in [6.07, 6.45) is 5.27. The fourth-order valence-corrected chi connectivity index (χ4v) is 5.77. The Morgan fingerprint density at radius 1 is 1.23 bits per heavy atom. The maximum absolute atomic E-state index is 13.1. The number of rotatable bonds is 7. The van der Waals surface area contributed by atoms with E-state index < -0.39 is 10.0 Å². The first-order valence-electron chi connectivity index (χ1n) is 10.8. The van der Waals surface area contributed by atoms with Crippen LogP contribution < -0.4 is 5.32 Å². The first kappa shape index (κ1) is 21.6. The maximum atomic E-state index is 13.1. The van der Waals surface area contributed by atoms with E-state index >= 15 is 0 Å². The smallest absolute Gasteiger partial charge is 0.243 e. The standard InChI is InChI=1S/C23H29N3O4S/c1-3-25-11-8-19-16-21(6-7-22(19)25)31(28,29)26-12-9-18(10-13-26)23(27)24-17(2)15-20-5-4-14-30-20/h4-8,11,14,16-18H,3,9-10,12-13,15H2,1-2H3,(H,24,27). The van der Waals surface area contributed by atoms with Gasteiger partial charge in [0, 0.05) is 55.1 Å². The number of nitrogens with zero attached hydrogens (tertiary/aromatic N) is 2. The molecule has 0 radical (unpaired) electrons. The summed E-state index contributed by atoms with van der Waals surface area (Å²) in [5, 5.41) is 3.95. The Morgan fingerprint density at radius 3 is 2.68 bits per heavy atom.